The second-order valence-electron chi connectivity index (χ2n) is 6.20. The fourth-order valence-corrected chi connectivity index (χ4v) is 2.57. The van der Waals surface area contributed by atoms with E-state index in [2.05, 4.69) is 4.98 Å². The quantitative estimate of drug-likeness (QED) is 0.844. The van der Waals surface area contributed by atoms with Crippen LogP contribution < -0.4 is 0 Å². The van der Waals surface area contributed by atoms with E-state index in [0.29, 0.717) is 11.6 Å². The van der Waals surface area contributed by atoms with Crippen molar-refractivity contribution in [3.05, 3.63) is 42.3 Å². The summed E-state index contributed by atoms with van der Waals surface area (Å²) in [6.07, 6.45) is 3.49. The summed E-state index contributed by atoms with van der Waals surface area (Å²) in [5, 5.41) is 9.07. The third kappa shape index (κ3) is 3.82. The van der Waals surface area contributed by atoms with Crippen LogP contribution in [0.1, 0.15) is 25.5 Å². The predicted molar refractivity (Wildman–Crippen MR) is 87.2 cm³/mol. The van der Waals surface area contributed by atoms with Crippen LogP contribution in [-0.2, 0) is 16.0 Å². The average molecular weight is 328 g/mol. The molecule has 1 unspecified atom stereocenters. The highest BCUT2D eigenvalue weighted by Gasteiger charge is 2.34. The van der Waals surface area contributed by atoms with Crippen LogP contribution in [0.25, 0.3) is 11.5 Å². The van der Waals surface area contributed by atoms with Crippen LogP contribution in [0, 0.1) is 5.92 Å². The fraction of sp³-hybridized carbons (Fsp3) is 0.389. The molecule has 0 bridgehead atoms. The zero-order chi connectivity index (χ0) is 17.1. The van der Waals surface area contributed by atoms with Crippen molar-refractivity contribution in [2.45, 2.75) is 32.2 Å². The van der Waals surface area contributed by atoms with Crippen molar-refractivity contribution in [1.29, 1.82) is 0 Å². The number of aliphatic carboxylic acids is 1. The van der Waals surface area contributed by atoms with Gasteiger partial charge in [-0.05, 0) is 25.0 Å². The van der Waals surface area contributed by atoms with E-state index in [4.69, 9.17) is 9.52 Å². The van der Waals surface area contributed by atoms with Crippen LogP contribution in [0.15, 0.2) is 41.0 Å². The molecule has 0 aliphatic heterocycles. The summed E-state index contributed by atoms with van der Waals surface area (Å²) in [7, 11) is 0. The fourth-order valence-electron chi connectivity index (χ4n) is 2.57. The number of amides is 1. The second kappa shape index (κ2) is 6.86. The van der Waals surface area contributed by atoms with Gasteiger partial charge in [-0.2, -0.15) is 0 Å². The number of rotatable bonds is 7. The van der Waals surface area contributed by atoms with Crippen molar-refractivity contribution in [2.24, 2.45) is 5.92 Å². The summed E-state index contributed by atoms with van der Waals surface area (Å²) in [6.45, 7) is 1.86. The number of carbonyl (C=O) groups excluding carboxylic acids is 1. The highest BCUT2D eigenvalue weighted by molar-refractivity contribution is 5.80. The molecule has 1 aromatic carbocycles. The summed E-state index contributed by atoms with van der Waals surface area (Å²) in [5.41, 5.74) is 1.42. The molecule has 0 saturated heterocycles. The Labute approximate surface area is 140 Å². The Morgan fingerprint density at radius 3 is 2.67 bits per heavy atom. The van der Waals surface area contributed by atoms with Crippen LogP contribution in [0.5, 0.6) is 0 Å². The predicted octanol–water partition coefficient (Wildman–Crippen LogP) is 2.60. The first-order valence-corrected chi connectivity index (χ1v) is 8.06. The molecule has 1 fully saturated rings. The number of hydrogen-bond acceptors (Lipinski definition) is 4. The first kappa shape index (κ1) is 16.2. The van der Waals surface area contributed by atoms with E-state index in [-0.39, 0.29) is 24.9 Å². The van der Waals surface area contributed by atoms with Crippen molar-refractivity contribution in [2.75, 3.05) is 6.54 Å². The van der Waals surface area contributed by atoms with Gasteiger partial charge in [-0.1, -0.05) is 25.1 Å². The minimum atomic E-state index is -0.888. The molecule has 0 spiro atoms. The Morgan fingerprint density at radius 2 is 2.04 bits per heavy atom. The Kier molecular flexibility index (Phi) is 4.64. The van der Waals surface area contributed by atoms with Crippen molar-refractivity contribution in [1.82, 2.24) is 9.88 Å². The van der Waals surface area contributed by atoms with Crippen LogP contribution in [0.3, 0.4) is 0 Å². The standard InChI is InChI=1S/C18H20N2O4/c1-12(18(22)23)10-20(15-7-8-15)16(21)9-14-11-24-17(19-14)13-5-3-2-4-6-13/h2-6,11-12,15H,7-10H2,1H3,(H,22,23). The van der Waals surface area contributed by atoms with Crippen LogP contribution in [-0.4, -0.2) is 39.5 Å². The van der Waals surface area contributed by atoms with Crippen LogP contribution in [0.2, 0.25) is 0 Å². The van der Waals surface area contributed by atoms with Gasteiger partial charge in [0.2, 0.25) is 11.8 Å². The van der Waals surface area contributed by atoms with Crippen molar-refractivity contribution in [3.63, 3.8) is 0 Å². The van der Waals surface area contributed by atoms with Gasteiger partial charge in [0, 0.05) is 18.2 Å². The van der Waals surface area contributed by atoms with Gasteiger partial charge in [0.05, 0.1) is 18.0 Å². The van der Waals surface area contributed by atoms with Gasteiger partial charge in [-0.15, -0.1) is 0 Å². The summed E-state index contributed by atoms with van der Waals surface area (Å²) < 4.78 is 5.45. The van der Waals surface area contributed by atoms with E-state index >= 15 is 0 Å². The number of benzene rings is 1. The van der Waals surface area contributed by atoms with Gasteiger partial charge >= 0.3 is 5.97 Å². The monoisotopic (exact) mass is 328 g/mol. The molecule has 1 N–H and O–H groups in total. The smallest absolute Gasteiger partial charge is 0.308 e. The van der Waals surface area contributed by atoms with Gasteiger partial charge < -0.3 is 14.4 Å². The largest absolute Gasteiger partial charge is 0.481 e. The number of oxazole rings is 1. The van der Waals surface area contributed by atoms with Gasteiger partial charge in [-0.3, -0.25) is 9.59 Å². The minimum absolute atomic E-state index is 0.0986. The summed E-state index contributed by atoms with van der Waals surface area (Å²) >= 11 is 0. The molecule has 24 heavy (non-hydrogen) atoms. The Hall–Kier alpha value is -2.63. The molecular weight excluding hydrogens is 308 g/mol. The first-order chi connectivity index (χ1) is 11.5. The summed E-state index contributed by atoms with van der Waals surface area (Å²) in [5.74, 6) is -1.08. The molecule has 3 rings (SSSR count). The lowest BCUT2D eigenvalue weighted by atomic mass is 10.1. The zero-order valence-corrected chi connectivity index (χ0v) is 13.5. The molecule has 1 aliphatic carbocycles. The molecular formula is C18H20N2O4. The van der Waals surface area contributed by atoms with E-state index in [1.807, 2.05) is 30.3 Å². The van der Waals surface area contributed by atoms with Gasteiger partial charge in [-0.25, -0.2) is 4.98 Å². The molecule has 6 heteroatoms. The molecule has 0 radical (unpaired) electrons. The lowest BCUT2D eigenvalue weighted by molar-refractivity contribution is -0.143. The van der Waals surface area contributed by atoms with E-state index in [9.17, 15) is 9.59 Å². The second-order valence-corrected chi connectivity index (χ2v) is 6.20. The van der Waals surface area contributed by atoms with Crippen molar-refractivity contribution in [3.8, 4) is 11.5 Å². The third-order valence-corrected chi connectivity index (χ3v) is 4.10. The van der Waals surface area contributed by atoms with Crippen LogP contribution >= 0.6 is 0 Å². The lowest BCUT2D eigenvalue weighted by Gasteiger charge is -2.24. The summed E-state index contributed by atoms with van der Waals surface area (Å²) in [6, 6.07) is 9.65. The maximum absolute atomic E-state index is 12.5. The molecule has 1 amide bonds. The van der Waals surface area contributed by atoms with Crippen molar-refractivity contribution >= 4 is 11.9 Å². The number of carbonyl (C=O) groups is 2. The molecule has 1 atom stereocenters. The molecule has 1 aliphatic rings. The SMILES string of the molecule is CC(CN(C(=O)Cc1coc(-c2ccccc2)n1)C1CC1)C(=O)O. The number of carboxylic acid groups (broad SMARTS) is 1. The Balaban J connectivity index is 1.67. The average Bonchev–Trinajstić information content (AvgIpc) is 3.31. The van der Waals surface area contributed by atoms with Crippen LogP contribution in [0.4, 0.5) is 0 Å². The maximum atomic E-state index is 12.5. The molecule has 6 nitrogen and oxygen atoms in total. The molecule has 1 aromatic heterocycles. The highest BCUT2D eigenvalue weighted by atomic mass is 16.4. The maximum Gasteiger partial charge on any atom is 0.308 e. The van der Waals surface area contributed by atoms with E-state index in [1.54, 1.807) is 11.8 Å². The minimum Gasteiger partial charge on any atom is -0.481 e. The summed E-state index contributed by atoms with van der Waals surface area (Å²) in [4.78, 5) is 29.6. The van der Waals surface area contributed by atoms with Gasteiger partial charge in [0.1, 0.15) is 6.26 Å². The molecule has 1 saturated carbocycles. The molecule has 1 heterocycles. The Morgan fingerprint density at radius 1 is 1.33 bits per heavy atom. The van der Waals surface area contributed by atoms with E-state index in [1.165, 1.54) is 6.26 Å². The number of nitrogens with zero attached hydrogens (tertiary/aromatic N) is 2. The highest BCUT2D eigenvalue weighted by Crippen LogP contribution is 2.28. The molecule has 126 valence electrons. The first-order valence-electron chi connectivity index (χ1n) is 8.06. The molecule has 2 aromatic rings. The zero-order valence-electron chi connectivity index (χ0n) is 13.5. The van der Waals surface area contributed by atoms with Crippen molar-refractivity contribution < 1.29 is 19.1 Å². The lowest BCUT2D eigenvalue weighted by Crippen LogP contribution is -2.39. The third-order valence-electron chi connectivity index (χ3n) is 4.10. The Bertz CT molecular complexity index is 722. The normalized spacial score (nSPS) is 15.0. The van der Waals surface area contributed by atoms with E-state index < -0.39 is 11.9 Å². The topological polar surface area (TPSA) is 83.6 Å². The van der Waals surface area contributed by atoms with Gasteiger partial charge in [0.15, 0.2) is 0 Å². The number of carboxylic acids is 1. The number of aromatic nitrogens is 1. The van der Waals surface area contributed by atoms with Gasteiger partial charge in [0.25, 0.3) is 0 Å². The van der Waals surface area contributed by atoms with E-state index in [0.717, 1.165) is 18.4 Å². The number of hydrogen-bond donors (Lipinski definition) is 1.